The Morgan fingerprint density at radius 3 is 2.54 bits per heavy atom. The minimum Gasteiger partial charge on any atom is -0.263 e. The molecule has 13 heavy (non-hydrogen) atoms. The van der Waals surface area contributed by atoms with Gasteiger partial charge in [-0.3, -0.25) is 15.1 Å². The van der Waals surface area contributed by atoms with Crippen LogP contribution in [0.15, 0.2) is 12.4 Å². The second-order valence-electron chi connectivity index (χ2n) is 2.12. The molecule has 0 atom stereocenters. The molecule has 0 amide bonds. The zero-order chi connectivity index (χ0) is 10.0. The molecule has 0 bridgehead atoms. The lowest BCUT2D eigenvalue weighted by Crippen LogP contribution is -1.99. The smallest absolute Gasteiger partial charge is 0.263 e. The molecule has 1 aromatic heterocycles. The van der Waals surface area contributed by atoms with Gasteiger partial charge in [0.2, 0.25) is 0 Å². The number of halogens is 3. The van der Waals surface area contributed by atoms with E-state index in [1.54, 1.807) is 22.6 Å². The number of pyridine rings is 1. The van der Waals surface area contributed by atoms with Gasteiger partial charge >= 0.3 is 0 Å². The normalized spacial score (nSPS) is 10.5. The maximum Gasteiger partial charge on any atom is 0.294 e. The van der Waals surface area contributed by atoms with E-state index >= 15 is 0 Å². The summed E-state index contributed by atoms with van der Waals surface area (Å²) in [5.41, 5.74) is -1.21. The third kappa shape index (κ3) is 2.08. The Labute approximate surface area is 85.3 Å². The second kappa shape index (κ2) is 3.90. The molecule has 1 heterocycles. The number of nitro groups is 1. The van der Waals surface area contributed by atoms with Gasteiger partial charge in [0.05, 0.1) is 4.92 Å². The molecule has 1 rings (SSSR count). The lowest BCUT2D eigenvalue weighted by atomic mass is 10.2. The maximum absolute atomic E-state index is 12.2. The van der Waals surface area contributed by atoms with Gasteiger partial charge in [-0.1, -0.05) is 0 Å². The first kappa shape index (κ1) is 10.2. The highest BCUT2D eigenvalue weighted by atomic mass is 127. The van der Waals surface area contributed by atoms with Crippen LogP contribution in [0.5, 0.6) is 0 Å². The predicted octanol–water partition coefficient (Wildman–Crippen LogP) is 2.53. The van der Waals surface area contributed by atoms with Crippen molar-refractivity contribution in [1.29, 1.82) is 0 Å². The average molecular weight is 300 g/mol. The Bertz CT molecular complexity index is 345. The van der Waals surface area contributed by atoms with E-state index in [0.717, 1.165) is 6.20 Å². The van der Waals surface area contributed by atoms with Crippen molar-refractivity contribution in [1.82, 2.24) is 4.98 Å². The Hall–Kier alpha value is -0.860. The Morgan fingerprint density at radius 2 is 2.15 bits per heavy atom. The van der Waals surface area contributed by atoms with Crippen LogP contribution >= 0.6 is 22.6 Å². The van der Waals surface area contributed by atoms with Crippen molar-refractivity contribution in [2.24, 2.45) is 0 Å². The summed E-state index contributed by atoms with van der Waals surface area (Å²) in [6, 6.07) is 0. The largest absolute Gasteiger partial charge is 0.294 e. The molecular weight excluding hydrogens is 297 g/mol. The maximum atomic E-state index is 12.2. The molecule has 7 heteroatoms. The van der Waals surface area contributed by atoms with Gasteiger partial charge < -0.3 is 0 Å². The van der Waals surface area contributed by atoms with Crippen LogP contribution in [0.3, 0.4) is 0 Å². The molecule has 70 valence electrons. The minimum absolute atomic E-state index is 0.111. The fraction of sp³-hybridized carbons (Fsp3) is 0.167. The van der Waals surface area contributed by atoms with E-state index in [9.17, 15) is 18.9 Å². The van der Waals surface area contributed by atoms with Crippen molar-refractivity contribution < 1.29 is 13.7 Å². The Balaban J connectivity index is 3.34. The standard InChI is InChI=1S/C6H3F2IN2O2/c7-6(8)3-1-10-2-4(9)5(3)11(12)13/h1-2,6H. The van der Waals surface area contributed by atoms with Crippen LogP contribution in [0.25, 0.3) is 0 Å². The first-order valence-electron chi connectivity index (χ1n) is 3.10. The van der Waals surface area contributed by atoms with Crippen molar-refractivity contribution >= 4 is 28.3 Å². The van der Waals surface area contributed by atoms with Crippen LogP contribution in [-0.2, 0) is 0 Å². The van der Waals surface area contributed by atoms with Crippen molar-refractivity contribution in [3.05, 3.63) is 31.6 Å². The lowest BCUT2D eigenvalue weighted by Gasteiger charge is -2.01. The number of rotatable bonds is 2. The zero-order valence-corrected chi connectivity index (χ0v) is 8.23. The molecule has 0 saturated carbocycles. The highest BCUT2D eigenvalue weighted by Gasteiger charge is 2.24. The third-order valence-corrected chi connectivity index (χ3v) is 2.11. The number of aromatic nitrogens is 1. The second-order valence-corrected chi connectivity index (χ2v) is 3.28. The topological polar surface area (TPSA) is 56.0 Å². The summed E-state index contributed by atoms with van der Waals surface area (Å²) in [7, 11) is 0. The van der Waals surface area contributed by atoms with Crippen molar-refractivity contribution in [2.45, 2.75) is 6.43 Å². The summed E-state index contributed by atoms with van der Waals surface area (Å²) in [6.07, 6.45) is -0.891. The fourth-order valence-corrected chi connectivity index (χ4v) is 1.46. The lowest BCUT2D eigenvalue weighted by molar-refractivity contribution is -0.387. The van der Waals surface area contributed by atoms with Gasteiger partial charge in [-0.25, -0.2) is 8.78 Å². The van der Waals surface area contributed by atoms with Crippen LogP contribution in [0, 0.1) is 13.7 Å². The monoisotopic (exact) mass is 300 g/mol. The van der Waals surface area contributed by atoms with Gasteiger partial charge in [0.25, 0.3) is 12.1 Å². The molecule has 0 aliphatic rings. The van der Waals surface area contributed by atoms with Gasteiger partial charge in [-0.05, 0) is 22.6 Å². The zero-order valence-electron chi connectivity index (χ0n) is 6.08. The highest BCUT2D eigenvalue weighted by molar-refractivity contribution is 14.1. The van der Waals surface area contributed by atoms with E-state index in [1.807, 2.05) is 0 Å². The van der Waals surface area contributed by atoms with E-state index < -0.39 is 22.6 Å². The summed E-state index contributed by atoms with van der Waals surface area (Å²) >= 11 is 1.60. The number of nitrogens with zero attached hydrogens (tertiary/aromatic N) is 2. The molecule has 0 radical (unpaired) electrons. The number of hydrogen-bond acceptors (Lipinski definition) is 3. The van der Waals surface area contributed by atoms with Crippen LogP contribution in [-0.4, -0.2) is 9.91 Å². The number of alkyl halides is 2. The van der Waals surface area contributed by atoms with E-state index in [-0.39, 0.29) is 3.57 Å². The molecule has 0 aromatic carbocycles. The summed E-state index contributed by atoms with van der Waals surface area (Å²) in [6.45, 7) is 0. The molecule has 0 spiro atoms. The van der Waals surface area contributed by atoms with Gasteiger partial charge in [-0.2, -0.15) is 0 Å². The molecule has 0 aliphatic carbocycles. The molecular formula is C6H3F2IN2O2. The molecule has 0 N–H and O–H groups in total. The Morgan fingerprint density at radius 1 is 1.54 bits per heavy atom. The van der Waals surface area contributed by atoms with Gasteiger partial charge in [0, 0.05) is 12.4 Å². The molecule has 4 nitrogen and oxygen atoms in total. The first-order valence-corrected chi connectivity index (χ1v) is 4.18. The molecule has 0 unspecified atom stereocenters. The summed E-state index contributed by atoms with van der Waals surface area (Å²) in [4.78, 5) is 13.0. The minimum atomic E-state index is -2.87. The molecule has 1 aromatic rings. The van der Waals surface area contributed by atoms with Crippen molar-refractivity contribution in [2.75, 3.05) is 0 Å². The van der Waals surface area contributed by atoms with Gasteiger partial charge in [-0.15, -0.1) is 0 Å². The molecule has 0 fully saturated rings. The van der Waals surface area contributed by atoms with E-state index in [2.05, 4.69) is 4.98 Å². The van der Waals surface area contributed by atoms with Crippen LogP contribution in [0.4, 0.5) is 14.5 Å². The predicted molar refractivity (Wildman–Crippen MR) is 48.6 cm³/mol. The third-order valence-electron chi connectivity index (χ3n) is 1.32. The van der Waals surface area contributed by atoms with Crippen LogP contribution < -0.4 is 0 Å². The number of hydrogen-bond donors (Lipinski definition) is 0. The SMILES string of the molecule is O=[N+]([O-])c1c(I)cncc1C(F)F. The summed E-state index contributed by atoms with van der Waals surface area (Å²) in [5, 5.41) is 10.4. The van der Waals surface area contributed by atoms with E-state index in [1.165, 1.54) is 6.20 Å². The average Bonchev–Trinajstić information content (AvgIpc) is 2.02. The fourth-order valence-electron chi connectivity index (χ4n) is 0.795. The first-order chi connectivity index (χ1) is 6.04. The quantitative estimate of drug-likeness (QED) is 0.479. The summed E-state index contributed by atoms with van der Waals surface area (Å²) < 4.78 is 24.6. The van der Waals surface area contributed by atoms with E-state index in [0.29, 0.717) is 0 Å². The molecule has 0 aliphatic heterocycles. The van der Waals surface area contributed by atoms with Crippen LogP contribution in [0.2, 0.25) is 0 Å². The van der Waals surface area contributed by atoms with Gasteiger partial charge in [0.15, 0.2) is 0 Å². The van der Waals surface area contributed by atoms with E-state index in [4.69, 9.17) is 0 Å². The molecule has 0 saturated heterocycles. The Kier molecular flexibility index (Phi) is 3.07. The van der Waals surface area contributed by atoms with Crippen molar-refractivity contribution in [3.63, 3.8) is 0 Å². The van der Waals surface area contributed by atoms with Crippen molar-refractivity contribution in [3.8, 4) is 0 Å². The van der Waals surface area contributed by atoms with Crippen LogP contribution in [0.1, 0.15) is 12.0 Å². The summed E-state index contributed by atoms with van der Waals surface area (Å²) in [5.74, 6) is 0. The highest BCUT2D eigenvalue weighted by Crippen LogP contribution is 2.31. The van der Waals surface area contributed by atoms with Gasteiger partial charge in [0.1, 0.15) is 9.13 Å².